The van der Waals surface area contributed by atoms with Gasteiger partial charge in [-0.1, -0.05) is 13.8 Å². The van der Waals surface area contributed by atoms with Crippen molar-refractivity contribution in [2.45, 2.75) is 20.0 Å². The van der Waals surface area contributed by atoms with Gasteiger partial charge in [0.25, 0.3) is 0 Å². The third-order valence-corrected chi connectivity index (χ3v) is 3.20. The van der Waals surface area contributed by atoms with Gasteiger partial charge in [-0.25, -0.2) is 4.98 Å². The second-order valence-electron chi connectivity index (χ2n) is 3.58. The monoisotopic (exact) mass is 208 g/mol. The van der Waals surface area contributed by atoms with Crippen LogP contribution in [0.2, 0.25) is 0 Å². The van der Waals surface area contributed by atoms with E-state index in [1.54, 1.807) is 12.4 Å². The zero-order valence-electron chi connectivity index (χ0n) is 8.14. The standard InChI is InChI=1S/C10H12N2OS/c1-6(2)9(13)10-12-7-5-11-4-3-8(7)14-10/h3-6,9,13H,1-2H3. The van der Waals surface area contributed by atoms with Crippen molar-refractivity contribution in [2.75, 3.05) is 0 Å². The summed E-state index contributed by atoms with van der Waals surface area (Å²) in [5.74, 6) is 0.198. The quantitative estimate of drug-likeness (QED) is 0.824. The van der Waals surface area contributed by atoms with Crippen LogP contribution in [-0.4, -0.2) is 15.1 Å². The molecule has 0 aliphatic heterocycles. The van der Waals surface area contributed by atoms with Gasteiger partial charge in [0.2, 0.25) is 0 Å². The van der Waals surface area contributed by atoms with Crippen LogP contribution in [0.15, 0.2) is 18.5 Å². The molecule has 0 aliphatic rings. The SMILES string of the molecule is CC(C)C(O)c1nc2cnccc2s1. The van der Waals surface area contributed by atoms with Crippen molar-refractivity contribution in [3.05, 3.63) is 23.5 Å². The summed E-state index contributed by atoms with van der Waals surface area (Å²) in [4.78, 5) is 8.33. The fraction of sp³-hybridized carbons (Fsp3) is 0.400. The van der Waals surface area contributed by atoms with Gasteiger partial charge >= 0.3 is 0 Å². The lowest BCUT2D eigenvalue weighted by molar-refractivity contribution is 0.127. The maximum Gasteiger partial charge on any atom is 0.123 e. The first-order valence-electron chi connectivity index (χ1n) is 4.57. The molecule has 0 bridgehead atoms. The van der Waals surface area contributed by atoms with Crippen molar-refractivity contribution >= 4 is 21.6 Å². The van der Waals surface area contributed by atoms with Gasteiger partial charge in [-0.3, -0.25) is 4.98 Å². The molecule has 14 heavy (non-hydrogen) atoms. The number of nitrogens with zero attached hydrogens (tertiary/aromatic N) is 2. The van der Waals surface area contributed by atoms with Gasteiger partial charge < -0.3 is 5.11 Å². The van der Waals surface area contributed by atoms with Crippen LogP contribution < -0.4 is 0 Å². The Bertz CT molecular complexity index is 405. The lowest BCUT2D eigenvalue weighted by Gasteiger charge is -2.09. The average Bonchev–Trinajstić information content (AvgIpc) is 2.59. The molecule has 1 N–H and O–H groups in total. The Hall–Kier alpha value is -1.00. The van der Waals surface area contributed by atoms with Crippen molar-refractivity contribution < 1.29 is 5.11 Å². The van der Waals surface area contributed by atoms with Gasteiger partial charge in [-0.15, -0.1) is 11.3 Å². The molecule has 1 atom stereocenters. The highest BCUT2D eigenvalue weighted by atomic mass is 32.1. The molecule has 0 aliphatic carbocycles. The zero-order valence-corrected chi connectivity index (χ0v) is 8.95. The largest absolute Gasteiger partial charge is 0.386 e. The van der Waals surface area contributed by atoms with E-state index in [0.29, 0.717) is 0 Å². The highest BCUT2D eigenvalue weighted by Crippen LogP contribution is 2.29. The number of hydrogen-bond acceptors (Lipinski definition) is 4. The van der Waals surface area contributed by atoms with E-state index in [9.17, 15) is 5.11 Å². The summed E-state index contributed by atoms with van der Waals surface area (Å²) in [6.07, 6.45) is 3.00. The third kappa shape index (κ3) is 1.63. The highest BCUT2D eigenvalue weighted by molar-refractivity contribution is 7.18. The van der Waals surface area contributed by atoms with Crippen LogP contribution in [0.4, 0.5) is 0 Å². The van der Waals surface area contributed by atoms with Gasteiger partial charge in [0.1, 0.15) is 11.1 Å². The fourth-order valence-corrected chi connectivity index (χ4v) is 2.30. The molecular weight excluding hydrogens is 196 g/mol. The number of aliphatic hydroxyl groups is 1. The number of hydrogen-bond donors (Lipinski definition) is 1. The summed E-state index contributed by atoms with van der Waals surface area (Å²) >= 11 is 1.53. The summed E-state index contributed by atoms with van der Waals surface area (Å²) in [5.41, 5.74) is 0.868. The van der Waals surface area contributed by atoms with Crippen LogP contribution in [0.5, 0.6) is 0 Å². The van der Waals surface area contributed by atoms with Crippen molar-refractivity contribution in [3.8, 4) is 0 Å². The van der Waals surface area contributed by atoms with Crippen molar-refractivity contribution in [1.82, 2.24) is 9.97 Å². The second-order valence-corrected chi connectivity index (χ2v) is 4.65. The van der Waals surface area contributed by atoms with E-state index in [2.05, 4.69) is 9.97 Å². The topological polar surface area (TPSA) is 46.0 Å². The Morgan fingerprint density at radius 1 is 1.43 bits per heavy atom. The number of thiazole rings is 1. The van der Waals surface area contributed by atoms with Gasteiger partial charge in [0.05, 0.1) is 16.4 Å². The smallest absolute Gasteiger partial charge is 0.123 e. The molecule has 4 heteroatoms. The van der Waals surface area contributed by atoms with Crippen molar-refractivity contribution in [2.24, 2.45) is 5.92 Å². The minimum Gasteiger partial charge on any atom is -0.386 e. The molecule has 0 fully saturated rings. The van der Waals surface area contributed by atoms with E-state index in [1.165, 1.54) is 11.3 Å². The van der Waals surface area contributed by atoms with Crippen molar-refractivity contribution in [3.63, 3.8) is 0 Å². The Morgan fingerprint density at radius 3 is 2.86 bits per heavy atom. The van der Waals surface area contributed by atoms with Crippen LogP contribution in [-0.2, 0) is 0 Å². The van der Waals surface area contributed by atoms with Crippen LogP contribution in [0, 0.1) is 5.92 Å². The maximum absolute atomic E-state index is 9.83. The minimum atomic E-state index is -0.465. The fourth-order valence-electron chi connectivity index (χ4n) is 1.21. The van der Waals surface area contributed by atoms with Crippen LogP contribution in [0.3, 0.4) is 0 Å². The summed E-state index contributed by atoms with van der Waals surface area (Å²) in [6.45, 7) is 3.96. The molecule has 74 valence electrons. The number of aliphatic hydroxyl groups excluding tert-OH is 1. The predicted molar refractivity (Wildman–Crippen MR) is 57.2 cm³/mol. The Balaban J connectivity index is 2.45. The molecule has 2 aromatic rings. The molecular formula is C10H12N2OS. The highest BCUT2D eigenvalue weighted by Gasteiger charge is 2.16. The first-order valence-corrected chi connectivity index (χ1v) is 5.38. The van der Waals surface area contributed by atoms with Gasteiger partial charge in [-0.2, -0.15) is 0 Å². The molecule has 0 saturated heterocycles. The average molecular weight is 208 g/mol. The lowest BCUT2D eigenvalue weighted by atomic mass is 10.1. The third-order valence-electron chi connectivity index (χ3n) is 2.09. The van der Waals surface area contributed by atoms with E-state index >= 15 is 0 Å². The molecule has 2 heterocycles. The molecule has 0 saturated carbocycles. The molecule has 0 aromatic carbocycles. The van der Waals surface area contributed by atoms with E-state index in [-0.39, 0.29) is 5.92 Å². The Kier molecular flexibility index (Phi) is 2.48. The summed E-state index contributed by atoms with van der Waals surface area (Å²) in [6, 6.07) is 1.92. The maximum atomic E-state index is 9.83. The minimum absolute atomic E-state index is 0.198. The second kappa shape index (κ2) is 3.63. The molecule has 2 rings (SSSR count). The molecule has 2 aromatic heterocycles. The van der Waals surface area contributed by atoms with E-state index in [0.717, 1.165) is 15.2 Å². The van der Waals surface area contributed by atoms with Gasteiger partial charge in [0, 0.05) is 6.20 Å². The van der Waals surface area contributed by atoms with Crippen LogP contribution >= 0.6 is 11.3 Å². The van der Waals surface area contributed by atoms with Crippen LogP contribution in [0.1, 0.15) is 25.0 Å². The molecule has 0 radical (unpaired) electrons. The van der Waals surface area contributed by atoms with E-state index < -0.39 is 6.10 Å². The Labute approximate surface area is 86.4 Å². The first-order chi connectivity index (χ1) is 6.68. The van der Waals surface area contributed by atoms with E-state index in [4.69, 9.17) is 0 Å². The first kappa shape index (κ1) is 9.55. The number of pyridine rings is 1. The van der Waals surface area contributed by atoms with Gasteiger partial charge in [-0.05, 0) is 12.0 Å². The van der Waals surface area contributed by atoms with Crippen LogP contribution in [0.25, 0.3) is 10.2 Å². The number of aromatic nitrogens is 2. The summed E-state index contributed by atoms with van der Waals surface area (Å²) in [5, 5.41) is 10.6. The van der Waals surface area contributed by atoms with Gasteiger partial charge in [0.15, 0.2) is 0 Å². The molecule has 0 amide bonds. The lowest BCUT2D eigenvalue weighted by Crippen LogP contribution is -2.04. The number of fused-ring (bicyclic) bond motifs is 1. The normalized spacial score (nSPS) is 13.7. The molecule has 1 unspecified atom stereocenters. The van der Waals surface area contributed by atoms with E-state index in [1.807, 2.05) is 19.9 Å². The zero-order chi connectivity index (χ0) is 10.1. The van der Waals surface area contributed by atoms with Crippen molar-refractivity contribution in [1.29, 1.82) is 0 Å². The molecule has 0 spiro atoms. The molecule has 3 nitrogen and oxygen atoms in total. The summed E-state index contributed by atoms with van der Waals surface area (Å²) in [7, 11) is 0. The Morgan fingerprint density at radius 2 is 2.21 bits per heavy atom. The number of rotatable bonds is 2. The summed E-state index contributed by atoms with van der Waals surface area (Å²) < 4.78 is 1.08. The predicted octanol–water partition coefficient (Wildman–Crippen LogP) is 2.38.